The highest BCUT2D eigenvalue weighted by molar-refractivity contribution is 5.45. The van der Waals surface area contributed by atoms with Crippen LogP contribution in [0.4, 0.5) is 11.6 Å². The maximum absolute atomic E-state index is 9.42. The second kappa shape index (κ2) is 5.16. The van der Waals surface area contributed by atoms with E-state index in [9.17, 15) is 5.11 Å². The second-order valence-corrected chi connectivity index (χ2v) is 4.31. The van der Waals surface area contributed by atoms with Crippen molar-refractivity contribution in [3.63, 3.8) is 0 Å². The molecular formula is C12H19N3O. The van der Waals surface area contributed by atoms with Crippen LogP contribution in [0.3, 0.4) is 0 Å². The number of aliphatic hydroxyl groups is 1. The number of rotatable bonds is 3. The van der Waals surface area contributed by atoms with Gasteiger partial charge in [0.2, 0.25) is 0 Å². The third-order valence-electron chi connectivity index (χ3n) is 3.05. The molecule has 0 radical (unpaired) electrons. The Balaban J connectivity index is 1.93. The van der Waals surface area contributed by atoms with Crippen molar-refractivity contribution in [2.75, 3.05) is 17.7 Å². The number of aliphatic hydroxyl groups excluding tert-OH is 1. The van der Waals surface area contributed by atoms with Crippen LogP contribution in [0, 0.1) is 0 Å². The van der Waals surface area contributed by atoms with Gasteiger partial charge < -0.3 is 15.7 Å². The van der Waals surface area contributed by atoms with Crippen molar-refractivity contribution in [1.82, 2.24) is 4.98 Å². The van der Waals surface area contributed by atoms with Gasteiger partial charge in [-0.15, -0.1) is 0 Å². The Bertz CT molecular complexity index is 335. The lowest BCUT2D eigenvalue weighted by Gasteiger charge is -2.26. The van der Waals surface area contributed by atoms with Gasteiger partial charge in [0.05, 0.1) is 6.10 Å². The lowest BCUT2D eigenvalue weighted by atomic mass is 9.93. The number of hydrogen-bond acceptors (Lipinski definition) is 4. The maximum atomic E-state index is 9.42. The number of nitrogens with one attached hydrogen (secondary N) is 2. The van der Waals surface area contributed by atoms with Gasteiger partial charge in [-0.25, -0.2) is 4.98 Å². The van der Waals surface area contributed by atoms with Crippen LogP contribution in [0.1, 0.15) is 25.7 Å². The van der Waals surface area contributed by atoms with Gasteiger partial charge >= 0.3 is 0 Å². The molecule has 0 spiro atoms. The zero-order valence-corrected chi connectivity index (χ0v) is 9.61. The predicted octanol–water partition coefficient (Wildman–Crippen LogP) is 1.84. The van der Waals surface area contributed by atoms with Crippen LogP contribution in [-0.2, 0) is 0 Å². The molecule has 0 aliphatic heterocycles. The van der Waals surface area contributed by atoms with Gasteiger partial charge in [-0.1, -0.05) is 6.07 Å². The lowest BCUT2D eigenvalue weighted by molar-refractivity contribution is 0.126. The minimum atomic E-state index is -0.102. The molecule has 0 saturated heterocycles. The highest BCUT2D eigenvalue weighted by Crippen LogP contribution is 2.21. The molecule has 1 heterocycles. The zero-order valence-electron chi connectivity index (χ0n) is 9.61. The molecule has 1 aliphatic carbocycles. The summed E-state index contributed by atoms with van der Waals surface area (Å²) in [6.45, 7) is 0. The van der Waals surface area contributed by atoms with E-state index >= 15 is 0 Å². The Morgan fingerprint density at radius 3 is 2.56 bits per heavy atom. The van der Waals surface area contributed by atoms with Crippen molar-refractivity contribution in [1.29, 1.82) is 0 Å². The molecule has 0 aromatic carbocycles. The fourth-order valence-corrected chi connectivity index (χ4v) is 2.08. The van der Waals surface area contributed by atoms with Gasteiger partial charge in [0.25, 0.3) is 0 Å². The molecular weight excluding hydrogens is 202 g/mol. The van der Waals surface area contributed by atoms with Crippen LogP contribution in [-0.4, -0.2) is 29.3 Å². The van der Waals surface area contributed by atoms with Crippen LogP contribution in [0.5, 0.6) is 0 Å². The molecule has 1 aliphatic rings. The van der Waals surface area contributed by atoms with Gasteiger partial charge in [0.15, 0.2) is 0 Å². The topological polar surface area (TPSA) is 57.2 Å². The number of pyridine rings is 1. The van der Waals surface area contributed by atoms with Crippen LogP contribution in [0.2, 0.25) is 0 Å². The van der Waals surface area contributed by atoms with Crippen molar-refractivity contribution in [2.24, 2.45) is 0 Å². The third kappa shape index (κ3) is 2.85. The molecule has 4 nitrogen and oxygen atoms in total. The molecule has 16 heavy (non-hydrogen) atoms. The molecule has 2 rings (SSSR count). The summed E-state index contributed by atoms with van der Waals surface area (Å²) < 4.78 is 0. The average Bonchev–Trinajstić information content (AvgIpc) is 2.32. The van der Waals surface area contributed by atoms with Gasteiger partial charge in [0, 0.05) is 13.1 Å². The van der Waals surface area contributed by atoms with Crippen LogP contribution >= 0.6 is 0 Å². The average molecular weight is 221 g/mol. The summed E-state index contributed by atoms with van der Waals surface area (Å²) in [5.74, 6) is 1.79. The molecule has 4 heteroatoms. The third-order valence-corrected chi connectivity index (χ3v) is 3.05. The summed E-state index contributed by atoms with van der Waals surface area (Å²) in [6, 6.07) is 6.35. The molecule has 88 valence electrons. The Labute approximate surface area is 96.1 Å². The highest BCUT2D eigenvalue weighted by atomic mass is 16.3. The summed E-state index contributed by atoms with van der Waals surface area (Å²) in [5.41, 5.74) is 0. The number of anilines is 2. The normalized spacial score (nSPS) is 25.1. The van der Waals surface area contributed by atoms with E-state index in [0.29, 0.717) is 6.04 Å². The minimum absolute atomic E-state index is 0.102. The maximum Gasteiger partial charge on any atom is 0.128 e. The van der Waals surface area contributed by atoms with E-state index in [0.717, 1.165) is 37.3 Å². The standard InChI is InChI=1S/C12H19N3O/c1-13-11-3-2-4-12(15-11)14-9-5-7-10(16)8-6-9/h2-4,9-10,16H,5-8H2,1H3,(H2,13,14,15). The molecule has 0 bridgehead atoms. The van der Waals surface area contributed by atoms with E-state index in [1.165, 1.54) is 0 Å². The fraction of sp³-hybridized carbons (Fsp3) is 0.583. The van der Waals surface area contributed by atoms with Crippen molar-refractivity contribution in [2.45, 2.75) is 37.8 Å². The summed E-state index contributed by atoms with van der Waals surface area (Å²) in [6.07, 6.45) is 3.72. The molecule has 1 saturated carbocycles. The SMILES string of the molecule is CNc1cccc(NC2CCC(O)CC2)n1. The van der Waals surface area contributed by atoms with E-state index in [4.69, 9.17) is 0 Å². The van der Waals surface area contributed by atoms with Gasteiger partial charge in [-0.3, -0.25) is 0 Å². The highest BCUT2D eigenvalue weighted by Gasteiger charge is 2.19. The first-order chi connectivity index (χ1) is 7.78. The van der Waals surface area contributed by atoms with Gasteiger partial charge in [-0.2, -0.15) is 0 Å². The monoisotopic (exact) mass is 221 g/mol. The lowest BCUT2D eigenvalue weighted by Crippen LogP contribution is -2.28. The molecule has 3 N–H and O–H groups in total. The van der Waals surface area contributed by atoms with E-state index in [1.54, 1.807) is 0 Å². The molecule has 1 aromatic rings. The Morgan fingerprint density at radius 2 is 1.88 bits per heavy atom. The van der Waals surface area contributed by atoms with Crippen LogP contribution < -0.4 is 10.6 Å². The quantitative estimate of drug-likeness (QED) is 0.729. The second-order valence-electron chi connectivity index (χ2n) is 4.31. The number of nitrogens with zero attached hydrogens (tertiary/aromatic N) is 1. The Kier molecular flexibility index (Phi) is 3.62. The van der Waals surface area contributed by atoms with Crippen molar-refractivity contribution in [3.8, 4) is 0 Å². The summed E-state index contributed by atoms with van der Waals surface area (Å²) in [5, 5.41) is 15.9. The van der Waals surface area contributed by atoms with E-state index in [-0.39, 0.29) is 6.10 Å². The van der Waals surface area contributed by atoms with Crippen molar-refractivity contribution < 1.29 is 5.11 Å². The molecule has 1 fully saturated rings. The minimum Gasteiger partial charge on any atom is -0.393 e. The summed E-state index contributed by atoms with van der Waals surface area (Å²) in [7, 11) is 1.86. The van der Waals surface area contributed by atoms with Crippen LogP contribution in [0.25, 0.3) is 0 Å². The van der Waals surface area contributed by atoms with Crippen LogP contribution in [0.15, 0.2) is 18.2 Å². The molecule has 0 atom stereocenters. The summed E-state index contributed by atoms with van der Waals surface area (Å²) in [4.78, 5) is 4.42. The first kappa shape index (κ1) is 11.2. The van der Waals surface area contributed by atoms with Crippen molar-refractivity contribution >= 4 is 11.6 Å². The molecule has 1 aromatic heterocycles. The largest absolute Gasteiger partial charge is 0.393 e. The van der Waals surface area contributed by atoms with E-state index < -0.39 is 0 Å². The fourth-order valence-electron chi connectivity index (χ4n) is 2.08. The predicted molar refractivity (Wildman–Crippen MR) is 65.7 cm³/mol. The smallest absolute Gasteiger partial charge is 0.128 e. The number of hydrogen-bond donors (Lipinski definition) is 3. The first-order valence-corrected chi connectivity index (χ1v) is 5.87. The zero-order chi connectivity index (χ0) is 11.4. The molecule has 0 unspecified atom stereocenters. The van der Waals surface area contributed by atoms with E-state index in [2.05, 4.69) is 15.6 Å². The summed E-state index contributed by atoms with van der Waals surface area (Å²) >= 11 is 0. The Morgan fingerprint density at radius 1 is 1.19 bits per heavy atom. The molecule has 0 amide bonds. The number of aromatic nitrogens is 1. The van der Waals surface area contributed by atoms with Gasteiger partial charge in [0.1, 0.15) is 11.6 Å². The van der Waals surface area contributed by atoms with E-state index in [1.807, 2.05) is 25.2 Å². The van der Waals surface area contributed by atoms with Gasteiger partial charge in [-0.05, 0) is 37.8 Å². The van der Waals surface area contributed by atoms with Crippen molar-refractivity contribution in [3.05, 3.63) is 18.2 Å². The Hall–Kier alpha value is -1.29. The first-order valence-electron chi connectivity index (χ1n) is 5.87.